The van der Waals surface area contributed by atoms with Gasteiger partial charge >= 0.3 is 6.03 Å². The molecule has 2 amide bonds. The molecule has 0 saturated carbocycles. The molecule has 0 aliphatic rings. The lowest BCUT2D eigenvalue weighted by Gasteiger charge is -2.09. The summed E-state index contributed by atoms with van der Waals surface area (Å²) < 4.78 is 18.6. The topological polar surface area (TPSA) is 80.0 Å². The molecule has 144 valence electrons. The number of aromatic nitrogens is 2. The van der Waals surface area contributed by atoms with Crippen LogP contribution in [0.4, 0.5) is 20.6 Å². The van der Waals surface area contributed by atoms with Gasteiger partial charge in [-0.15, -0.1) is 10.2 Å². The number of nitrogens with one attached hydrogen (secondary N) is 2. The summed E-state index contributed by atoms with van der Waals surface area (Å²) in [5, 5.41) is 13.7. The van der Waals surface area contributed by atoms with Crippen LogP contribution in [0.3, 0.4) is 0 Å². The van der Waals surface area contributed by atoms with Crippen molar-refractivity contribution in [3.63, 3.8) is 0 Å². The van der Waals surface area contributed by atoms with Gasteiger partial charge in [-0.3, -0.25) is 0 Å². The van der Waals surface area contributed by atoms with E-state index in [1.807, 2.05) is 30.3 Å². The third-order valence-electron chi connectivity index (χ3n) is 4.01. The van der Waals surface area contributed by atoms with Gasteiger partial charge in [0.2, 0.25) is 11.8 Å². The molecule has 29 heavy (non-hydrogen) atoms. The number of anilines is 2. The number of amides is 2. The van der Waals surface area contributed by atoms with E-state index in [-0.39, 0.29) is 11.7 Å². The fourth-order valence-electron chi connectivity index (χ4n) is 2.62. The summed E-state index contributed by atoms with van der Waals surface area (Å²) >= 11 is 6.34. The maximum atomic E-state index is 12.9. The molecule has 0 aliphatic heterocycles. The monoisotopic (exact) mass is 408 g/mol. The molecule has 1 heterocycles. The van der Waals surface area contributed by atoms with E-state index in [1.54, 1.807) is 18.2 Å². The van der Waals surface area contributed by atoms with Crippen LogP contribution in [0.5, 0.6) is 0 Å². The van der Waals surface area contributed by atoms with Gasteiger partial charge in [-0.2, -0.15) is 0 Å². The summed E-state index contributed by atoms with van der Waals surface area (Å²) in [5.41, 5.74) is 2.29. The highest BCUT2D eigenvalue weighted by atomic mass is 35.5. The molecule has 4 aromatic rings. The van der Waals surface area contributed by atoms with E-state index in [2.05, 4.69) is 20.8 Å². The van der Waals surface area contributed by atoms with Gasteiger partial charge in [0, 0.05) is 16.9 Å². The summed E-state index contributed by atoms with van der Waals surface area (Å²) in [6, 6.07) is 19.3. The summed E-state index contributed by atoms with van der Waals surface area (Å²) in [4.78, 5) is 12.1. The molecule has 8 heteroatoms. The standard InChI is InChI=1S/C21H14ClFN4O2/c22-18-12-16(25-21(28)24-15-8-6-14(23)7-9-15)10-11-17(18)20-27-26-19(29-20)13-4-2-1-3-5-13/h1-12H,(H2,24,25,28). The van der Waals surface area contributed by atoms with Crippen LogP contribution in [-0.4, -0.2) is 16.2 Å². The van der Waals surface area contributed by atoms with Gasteiger partial charge < -0.3 is 15.1 Å². The van der Waals surface area contributed by atoms with E-state index in [9.17, 15) is 9.18 Å². The third kappa shape index (κ3) is 4.41. The highest BCUT2D eigenvalue weighted by Gasteiger charge is 2.14. The normalized spacial score (nSPS) is 10.6. The number of nitrogens with zero attached hydrogens (tertiary/aromatic N) is 2. The predicted octanol–water partition coefficient (Wildman–Crippen LogP) is 5.84. The van der Waals surface area contributed by atoms with Crippen molar-refractivity contribution in [3.8, 4) is 22.9 Å². The van der Waals surface area contributed by atoms with Crippen molar-refractivity contribution in [3.05, 3.63) is 83.6 Å². The van der Waals surface area contributed by atoms with Gasteiger partial charge in [0.1, 0.15) is 5.82 Å². The molecular formula is C21H14ClFN4O2. The van der Waals surface area contributed by atoms with E-state index in [4.69, 9.17) is 16.0 Å². The number of hydrogen-bond acceptors (Lipinski definition) is 4. The number of benzene rings is 3. The van der Waals surface area contributed by atoms with Gasteiger partial charge in [-0.1, -0.05) is 29.8 Å². The van der Waals surface area contributed by atoms with Crippen LogP contribution in [0.1, 0.15) is 0 Å². The third-order valence-corrected chi connectivity index (χ3v) is 4.32. The maximum absolute atomic E-state index is 12.9. The Morgan fingerprint density at radius 1 is 0.862 bits per heavy atom. The van der Waals surface area contributed by atoms with E-state index in [0.29, 0.717) is 27.9 Å². The zero-order valence-corrected chi connectivity index (χ0v) is 15.7. The number of urea groups is 1. The molecule has 0 radical (unpaired) electrons. The minimum Gasteiger partial charge on any atom is -0.416 e. The van der Waals surface area contributed by atoms with Crippen molar-refractivity contribution in [2.45, 2.75) is 0 Å². The lowest BCUT2D eigenvalue weighted by Crippen LogP contribution is -2.19. The first-order valence-electron chi connectivity index (χ1n) is 8.61. The van der Waals surface area contributed by atoms with E-state index >= 15 is 0 Å². The quantitative estimate of drug-likeness (QED) is 0.444. The summed E-state index contributed by atoms with van der Waals surface area (Å²) in [6.07, 6.45) is 0. The Morgan fingerprint density at radius 2 is 1.52 bits per heavy atom. The van der Waals surface area contributed by atoms with Crippen molar-refractivity contribution < 1.29 is 13.6 Å². The fourth-order valence-corrected chi connectivity index (χ4v) is 2.88. The van der Waals surface area contributed by atoms with Crippen molar-refractivity contribution in [1.29, 1.82) is 0 Å². The van der Waals surface area contributed by atoms with Crippen LogP contribution in [-0.2, 0) is 0 Å². The Kier molecular flexibility index (Phi) is 5.22. The molecule has 3 aromatic carbocycles. The van der Waals surface area contributed by atoms with Crippen molar-refractivity contribution >= 4 is 29.0 Å². The smallest absolute Gasteiger partial charge is 0.323 e. The molecule has 6 nitrogen and oxygen atoms in total. The minimum absolute atomic E-state index is 0.274. The number of carbonyl (C=O) groups excluding carboxylic acids is 1. The number of halogens is 2. The first-order chi connectivity index (χ1) is 14.1. The van der Waals surface area contributed by atoms with Gasteiger partial charge in [0.05, 0.1) is 10.6 Å². The Balaban J connectivity index is 1.47. The summed E-state index contributed by atoms with van der Waals surface area (Å²) in [6.45, 7) is 0. The van der Waals surface area contributed by atoms with Crippen LogP contribution >= 0.6 is 11.6 Å². The Bertz CT molecular complexity index is 1150. The molecule has 0 unspecified atom stereocenters. The number of carbonyl (C=O) groups is 1. The minimum atomic E-state index is -0.482. The first-order valence-corrected chi connectivity index (χ1v) is 8.99. The van der Waals surface area contributed by atoms with Crippen molar-refractivity contribution in [2.75, 3.05) is 10.6 Å². The predicted molar refractivity (Wildman–Crippen MR) is 109 cm³/mol. The Hall–Kier alpha value is -3.71. The van der Waals surface area contributed by atoms with Gasteiger partial charge in [0.15, 0.2) is 0 Å². The van der Waals surface area contributed by atoms with Crippen LogP contribution in [0, 0.1) is 5.82 Å². The Labute approximate surface area is 170 Å². The molecule has 2 N–H and O–H groups in total. The SMILES string of the molecule is O=C(Nc1ccc(F)cc1)Nc1ccc(-c2nnc(-c3ccccc3)o2)c(Cl)c1. The molecule has 0 fully saturated rings. The lowest BCUT2D eigenvalue weighted by atomic mass is 10.2. The van der Waals surface area contributed by atoms with Gasteiger partial charge in [0.25, 0.3) is 0 Å². The zero-order chi connectivity index (χ0) is 20.2. The molecule has 0 aliphatic carbocycles. The van der Waals surface area contributed by atoms with Gasteiger partial charge in [-0.25, -0.2) is 9.18 Å². The number of rotatable bonds is 4. The maximum Gasteiger partial charge on any atom is 0.323 e. The van der Waals surface area contributed by atoms with Crippen molar-refractivity contribution in [1.82, 2.24) is 10.2 Å². The Morgan fingerprint density at radius 3 is 2.24 bits per heavy atom. The molecule has 0 spiro atoms. The highest BCUT2D eigenvalue weighted by molar-refractivity contribution is 6.33. The van der Waals surface area contributed by atoms with E-state index in [1.165, 1.54) is 24.3 Å². The second kappa shape index (κ2) is 8.12. The van der Waals surface area contributed by atoms with Gasteiger partial charge in [-0.05, 0) is 54.6 Å². The van der Waals surface area contributed by atoms with Crippen LogP contribution in [0.2, 0.25) is 5.02 Å². The first kappa shape index (κ1) is 18.6. The molecule has 0 atom stereocenters. The van der Waals surface area contributed by atoms with E-state index in [0.717, 1.165) is 5.56 Å². The molecule has 0 saturated heterocycles. The molecule has 1 aromatic heterocycles. The van der Waals surface area contributed by atoms with Crippen LogP contribution < -0.4 is 10.6 Å². The second-order valence-corrected chi connectivity index (χ2v) is 6.47. The average molecular weight is 409 g/mol. The fraction of sp³-hybridized carbons (Fsp3) is 0. The molecule has 0 bridgehead atoms. The highest BCUT2D eigenvalue weighted by Crippen LogP contribution is 2.31. The van der Waals surface area contributed by atoms with Crippen LogP contribution in [0.25, 0.3) is 22.9 Å². The summed E-state index contributed by atoms with van der Waals surface area (Å²) in [5.74, 6) is 0.281. The summed E-state index contributed by atoms with van der Waals surface area (Å²) in [7, 11) is 0. The van der Waals surface area contributed by atoms with E-state index < -0.39 is 6.03 Å². The van der Waals surface area contributed by atoms with Crippen molar-refractivity contribution in [2.24, 2.45) is 0 Å². The lowest BCUT2D eigenvalue weighted by molar-refractivity contribution is 0.262. The average Bonchev–Trinajstić information content (AvgIpc) is 3.20. The number of hydrogen-bond donors (Lipinski definition) is 2. The second-order valence-electron chi connectivity index (χ2n) is 6.06. The van der Waals surface area contributed by atoms with Crippen LogP contribution in [0.15, 0.2) is 77.2 Å². The molecule has 4 rings (SSSR count). The largest absolute Gasteiger partial charge is 0.416 e. The zero-order valence-electron chi connectivity index (χ0n) is 14.9. The molecular weight excluding hydrogens is 395 g/mol.